The largest absolute Gasteiger partial charge is 0.490 e. The van der Waals surface area contributed by atoms with Gasteiger partial charge in [0, 0.05) is 6.54 Å². The molecule has 2 N–H and O–H groups in total. The van der Waals surface area contributed by atoms with Gasteiger partial charge in [0.1, 0.15) is 12.4 Å². The summed E-state index contributed by atoms with van der Waals surface area (Å²) in [7, 11) is 0. The molecule has 1 atom stereocenters. The van der Waals surface area contributed by atoms with E-state index in [1.807, 2.05) is 30.3 Å². The van der Waals surface area contributed by atoms with E-state index in [0.29, 0.717) is 18.8 Å². The molecule has 0 saturated carbocycles. The second-order valence-electron chi connectivity index (χ2n) is 5.97. The molecule has 130 valence electrons. The van der Waals surface area contributed by atoms with Crippen LogP contribution in [0.2, 0.25) is 0 Å². The predicted octanol–water partition coefficient (Wildman–Crippen LogP) is 2.11. The van der Waals surface area contributed by atoms with Gasteiger partial charge in [-0.15, -0.1) is 0 Å². The topological polar surface area (TPSA) is 81.9 Å². The molecule has 1 fully saturated rings. The molecule has 0 aromatic heterocycles. The SMILES string of the molecule is NC(=O)Cc1ccc(OCC2CN(Cc3ccccc3)C(=O)O2)cc1. The van der Waals surface area contributed by atoms with Gasteiger partial charge in [0.25, 0.3) is 0 Å². The van der Waals surface area contributed by atoms with Gasteiger partial charge in [0.2, 0.25) is 5.91 Å². The van der Waals surface area contributed by atoms with Crippen molar-refractivity contribution in [2.45, 2.75) is 19.1 Å². The average Bonchev–Trinajstić information content (AvgIpc) is 2.94. The van der Waals surface area contributed by atoms with Crippen LogP contribution in [0, 0.1) is 0 Å². The fraction of sp³-hybridized carbons (Fsp3) is 0.263. The van der Waals surface area contributed by atoms with E-state index in [2.05, 4.69) is 0 Å². The highest BCUT2D eigenvalue weighted by Gasteiger charge is 2.31. The van der Waals surface area contributed by atoms with E-state index in [0.717, 1.165) is 11.1 Å². The number of primary amides is 1. The number of benzene rings is 2. The summed E-state index contributed by atoms with van der Waals surface area (Å²) < 4.78 is 11.0. The molecule has 0 spiro atoms. The van der Waals surface area contributed by atoms with E-state index < -0.39 is 0 Å². The van der Waals surface area contributed by atoms with Gasteiger partial charge in [-0.25, -0.2) is 4.79 Å². The molecule has 1 aliphatic rings. The summed E-state index contributed by atoms with van der Waals surface area (Å²) in [5, 5.41) is 0. The highest BCUT2D eigenvalue weighted by Crippen LogP contribution is 2.18. The molecule has 3 rings (SSSR count). The first-order chi connectivity index (χ1) is 12.1. The van der Waals surface area contributed by atoms with Gasteiger partial charge in [-0.3, -0.25) is 4.79 Å². The number of carbonyl (C=O) groups excluding carboxylic acids is 2. The lowest BCUT2D eigenvalue weighted by atomic mass is 10.1. The third kappa shape index (κ3) is 4.73. The second kappa shape index (κ2) is 7.70. The summed E-state index contributed by atoms with van der Waals surface area (Å²) >= 11 is 0. The lowest BCUT2D eigenvalue weighted by Crippen LogP contribution is -2.26. The summed E-state index contributed by atoms with van der Waals surface area (Å²) in [6, 6.07) is 16.9. The van der Waals surface area contributed by atoms with Gasteiger partial charge >= 0.3 is 6.09 Å². The van der Waals surface area contributed by atoms with Crippen molar-refractivity contribution < 1.29 is 19.1 Å². The highest BCUT2D eigenvalue weighted by molar-refractivity contribution is 5.76. The molecular formula is C19H20N2O4. The maximum Gasteiger partial charge on any atom is 0.410 e. The van der Waals surface area contributed by atoms with E-state index in [9.17, 15) is 9.59 Å². The molecule has 0 bridgehead atoms. The van der Waals surface area contributed by atoms with E-state index in [-0.39, 0.29) is 31.1 Å². The minimum absolute atomic E-state index is 0.203. The van der Waals surface area contributed by atoms with E-state index in [4.69, 9.17) is 15.2 Å². The Balaban J connectivity index is 1.49. The number of hydrogen-bond donors (Lipinski definition) is 1. The molecule has 6 nitrogen and oxygen atoms in total. The van der Waals surface area contributed by atoms with Crippen LogP contribution < -0.4 is 10.5 Å². The average molecular weight is 340 g/mol. The molecule has 1 heterocycles. The first kappa shape index (κ1) is 16.8. The second-order valence-corrected chi connectivity index (χ2v) is 5.97. The minimum atomic E-state index is -0.370. The maximum atomic E-state index is 12.0. The Morgan fingerprint density at radius 2 is 1.84 bits per heavy atom. The van der Waals surface area contributed by atoms with Gasteiger partial charge in [-0.05, 0) is 23.3 Å². The van der Waals surface area contributed by atoms with Crippen LogP contribution in [-0.2, 0) is 22.5 Å². The van der Waals surface area contributed by atoms with Crippen LogP contribution in [0.25, 0.3) is 0 Å². The van der Waals surface area contributed by atoms with Gasteiger partial charge in [0.05, 0.1) is 13.0 Å². The third-order valence-corrected chi connectivity index (χ3v) is 3.90. The Kier molecular flexibility index (Phi) is 5.18. The van der Waals surface area contributed by atoms with Crippen molar-refractivity contribution in [3.63, 3.8) is 0 Å². The first-order valence-corrected chi connectivity index (χ1v) is 8.09. The zero-order chi connectivity index (χ0) is 17.6. The normalized spacial score (nSPS) is 16.6. The van der Waals surface area contributed by atoms with Crippen molar-refractivity contribution in [1.29, 1.82) is 0 Å². The number of nitrogens with zero attached hydrogens (tertiary/aromatic N) is 1. The smallest absolute Gasteiger partial charge is 0.410 e. The van der Waals surface area contributed by atoms with Crippen LogP contribution in [0.3, 0.4) is 0 Å². The summed E-state index contributed by atoms with van der Waals surface area (Å²) in [5.41, 5.74) is 7.06. The third-order valence-electron chi connectivity index (χ3n) is 3.90. The standard InChI is InChI=1S/C19H20N2O4/c20-18(22)10-14-6-8-16(9-7-14)24-13-17-12-21(19(23)25-17)11-15-4-2-1-3-5-15/h1-9,17H,10-13H2,(H2,20,22). The fourth-order valence-corrected chi connectivity index (χ4v) is 2.69. The first-order valence-electron chi connectivity index (χ1n) is 8.09. The molecule has 1 saturated heterocycles. The number of hydrogen-bond acceptors (Lipinski definition) is 4. The van der Waals surface area contributed by atoms with Crippen molar-refractivity contribution in [3.05, 3.63) is 65.7 Å². The number of nitrogens with two attached hydrogens (primary N) is 1. The van der Waals surface area contributed by atoms with Crippen molar-refractivity contribution in [2.75, 3.05) is 13.2 Å². The summed E-state index contributed by atoms with van der Waals surface area (Å²) in [6.45, 7) is 1.30. The highest BCUT2D eigenvalue weighted by atomic mass is 16.6. The van der Waals surface area contributed by atoms with E-state index in [1.165, 1.54) is 0 Å². The summed E-state index contributed by atoms with van der Waals surface area (Å²) in [5.74, 6) is 0.288. The molecule has 25 heavy (non-hydrogen) atoms. The Bertz CT molecular complexity index is 731. The molecule has 6 heteroatoms. The van der Waals surface area contributed by atoms with Crippen LogP contribution in [0.4, 0.5) is 4.79 Å². The molecule has 1 aliphatic heterocycles. The van der Waals surface area contributed by atoms with Crippen LogP contribution in [0.1, 0.15) is 11.1 Å². The number of rotatable bonds is 7. The fourth-order valence-electron chi connectivity index (χ4n) is 2.69. The Morgan fingerprint density at radius 3 is 2.52 bits per heavy atom. The number of ether oxygens (including phenoxy) is 2. The van der Waals surface area contributed by atoms with Crippen molar-refractivity contribution in [3.8, 4) is 5.75 Å². The molecule has 0 aliphatic carbocycles. The minimum Gasteiger partial charge on any atom is -0.490 e. The van der Waals surface area contributed by atoms with Gasteiger partial charge in [-0.1, -0.05) is 42.5 Å². The zero-order valence-electron chi connectivity index (χ0n) is 13.8. The summed E-state index contributed by atoms with van der Waals surface area (Å²) in [4.78, 5) is 24.5. The number of cyclic esters (lactones) is 1. The van der Waals surface area contributed by atoms with Gasteiger partial charge in [-0.2, -0.15) is 0 Å². The van der Waals surface area contributed by atoms with Crippen LogP contribution >= 0.6 is 0 Å². The zero-order valence-corrected chi connectivity index (χ0v) is 13.8. The summed E-state index contributed by atoms with van der Waals surface area (Å²) in [6.07, 6.45) is -0.426. The van der Waals surface area contributed by atoms with E-state index in [1.54, 1.807) is 29.2 Å². The molecule has 0 radical (unpaired) electrons. The number of amides is 2. The molecular weight excluding hydrogens is 320 g/mol. The lowest BCUT2D eigenvalue weighted by Gasteiger charge is -2.13. The molecule has 1 unspecified atom stereocenters. The monoisotopic (exact) mass is 340 g/mol. The van der Waals surface area contributed by atoms with Gasteiger partial charge < -0.3 is 20.1 Å². The van der Waals surface area contributed by atoms with Crippen LogP contribution in [0.5, 0.6) is 5.75 Å². The molecule has 2 aromatic carbocycles. The molecule has 2 aromatic rings. The Hall–Kier alpha value is -3.02. The Morgan fingerprint density at radius 1 is 1.12 bits per heavy atom. The van der Waals surface area contributed by atoms with Crippen LogP contribution in [0.15, 0.2) is 54.6 Å². The Labute approximate surface area is 146 Å². The van der Waals surface area contributed by atoms with Gasteiger partial charge in [0.15, 0.2) is 6.10 Å². The quantitative estimate of drug-likeness (QED) is 0.837. The lowest BCUT2D eigenvalue weighted by molar-refractivity contribution is -0.117. The van der Waals surface area contributed by atoms with Crippen LogP contribution in [-0.4, -0.2) is 36.2 Å². The number of carbonyl (C=O) groups is 2. The van der Waals surface area contributed by atoms with Crippen molar-refractivity contribution >= 4 is 12.0 Å². The molecule has 2 amide bonds. The van der Waals surface area contributed by atoms with Crippen molar-refractivity contribution in [1.82, 2.24) is 4.90 Å². The van der Waals surface area contributed by atoms with E-state index >= 15 is 0 Å². The maximum absolute atomic E-state index is 12.0. The predicted molar refractivity (Wildman–Crippen MR) is 92.0 cm³/mol. The van der Waals surface area contributed by atoms with Crippen molar-refractivity contribution in [2.24, 2.45) is 5.73 Å².